The van der Waals surface area contributed by atoms with Gasteiger partial charge >= 0.3 is 0 Å². The van der Waals surface area contributed by atoms with E-state index >= 15 is 0 Å². The number of amides is 2. The van der Waals surface area contributed by atoms with E-state index in [0.717, 1.165) is 37.1 Å². The second-order valence-corrected chi connectivity index (χ2v) is 10.5. The first-order valence-corrected chi connectivity index (χ1v) is 13.0. The molecule has 0 radical (unpaired) electrons. The molecule has 34 heavy (non-hydrogen) atoms. The fourth-order valence-electron chi connectivity index (χ4n) is 4.59. The van der Waals surface area contributed by atoms with E-state index in [0.29, 0.717) is 30.2 Å². The lowest BCUT2D eigenvalue weighted by Gasteiger charge is -2.19. The summed E-state index contributed by atoms with van der Waals surface area (Å²) < 4.78 is 39.0. The van der Waals surface area contributed by atoms with Crippen LogP contribution in [-0.4, -0.2) is 51.6 Å². The van der Waals surface area contributed by atoms with Gasteiger partial charge in [0.15, 0.2) is 11.5 Å². The number of carbonyl (C=O) groups is 2. The summed E-state index contributed by atoms with van der Waals surface area (Å²) in [6, 6.07) is 10.1. The van der Waals surface area contributed by atoms with Gasteiger partial charge in [-0.2, -0.15) is 0 Å². The van der Waals surface area contributed by atoms with Crippen molar-refractivity contribution in [1.29, 1.82) is 0 Å². The number of anilines is 1. The van der Waals surface area contributed by atoms with Gasteiger partial charge in [-0.15, -0.1) is 0 Å². The number of fused-ring (bicyclic) bond motifs is 2. The number of hydrogen-bond acceptors (Lipinski definition) is 6. The summed E-state index contributed by atoms with van der Waals surface area (Å²) >= 11 is 0. The quantitative estimate of drug-likeness (QED) is 0.645. The number of nitrogens with zero attached hydrogens (tertiary/aromatic N) is 2. The molecule has 0 saturated carbocycles. The minimum atomic E-state index is -3.74. The zero-order valence-electron chi connectivity index (χ0n) is 18.8. The van der Waals surface area contributed by atoms with E-state index in [9.17, 15) is 18.0 Å². The van der Waals surface area contributed by atoms with Crippen LogP contribution >= 0.6 is 0 Å². The highest BCUT2D eigenvalue weighted by molar-refractivity contribution is 7.89. The van der Waals surface area contributed by atoms with Gasteiger partial charge in [0, 0.05) is 44.7 Å². The summed E-state index contributed by atoms with van der Waals surface area (Å²) in [6.45, 7) is 2.32. The molecular weight excluding hydrogens is 458 g/mol. The van der Waals surface area contributed by atoms with Crippen LogP contribution in [0.2, 0.25) is 0 Å². The third-order valence-corrected chi connectivity index (χ3v) is 7.87. The van der Waals surface area contributed by atoms with Gasteiger partial charge in [-0.3, -0.25) is 9.59 Å². The van der Waals surface area contributed by atoms with Crippen LogP contribution in [0.3, 0.4) is 0 Å². The van der Waals surface area contributed by atoms with Crippen LogP contribution in [0.1, 0.15) is 36.8 Å². The molecule has 3 heterocycles. The molecule has 9 nitrogen and oxygen atoms in total. The number of rotatable bonds is 7. The van der Waals surface area contributed by atoms with E-state index < -0.39 is 10.0 Å². The largest absolute Gasteiger partial charge is 0.454 e. The Bertz CT molecular complexity index is 1220. The molecule has 0 aliphatic carbocycles. The number of benzene rings is 2. The van der Waals surface area contributed by atoms with Crippen molar-refractivity contribution in [2.45, 2.75) is 43.5 Å². The molecule has 0 aromatic heterocycles. The summed E-state index contributed by atoms with van der Waals surface area (Å²) in [5, 5.41) is 0. The van der Waals surface area contributed by atoms with E-state index in [2.05, 4.69) is 4.72 Å². The third kappa shape index (κ3) is 4.60. The predicted octanol–water partition coefficient (Wildman–Crippen LogP) is 2.19. The molecule has 1 fully saturated rings. The number of carbonyl (C=O) groups excluding carboxylic acids is 2. The minimum Gasteiger partial charge on any atom is -0.454 e. The molecule has 0 atom stereocenters. The molecule has 3 aliphatic rings. The zero-order chi connectivity index (χ0) is 23.7. The van der Waals surface area contributed by atoms with Crippen LogP contribution in [0, 0.1) is 0 Å². The fraction of sp³-hybridized carbons (Fsp3) is 0.417. The zero-order valence-corrected chi connectivity index (χ0v) is 19.6. The molecule has 2 aromatic carbocycles. The van der Waals surface area contributed by atoms with Crippen LogP contribution in [0.4, 0.5) is 5.69 Å². The van der Waals surface area contributed by atoms with E-state index in [1.165, 1.54) is 6.07 Å². The van der Waals surface area contributed by atoms with Crippen LogP contribution in [0.15, 0.2) is 41.3 Å². The minimum absolute atomic E-state index is 0.0280. The first-order chi connectivity index (χ1) is 16.4. The van der Waals surface area contributed by atoms with Gasteiger partial charge in [0.1, 0.15) is 0 Å². The molecule has 0 unspecified atom stereocenters. The summed E-state index contributed by atoms with van der Waals surface area (Å²) in [5.74, 6) is 1.16. The van der Waals surface area contributed by atoms with E-state index in [1.54, 1.807) is 35.2 Å². The van der Waals surface area contributed by atoms with Gasteiger partial charge < -0.3 is 19.3 Å². The molecule has 180 valence electrons. The van der Waals surface area contributed by atoms with Gasteiger partial charge in [-0.1, -0.05) is 6.07 Å². The molecule has 2 aromatic rings. The molecule has 0 spiro atoms. The summed E-state index contributed by atoms with van der Waals surface area (Å²) in [6.07, 6.45) is 2.99. The van der Waals surface area contributed by atoms with Gasteiger partial charge in [-0.25, -0.2) is 13.1 Å². The molecule has 1 saturated heterocycles. The second kappa shape index (κ2) is 9.27. The standard InChI is InChI=1S/C24H27N3O6S/c28-23(26-10-1-2-11-26)7-8-24(29)27-12-9-18-14-19(4-5-20(18)27)34(30,31)25-15-17-3-6-21-22(13-17)33-16-32-21/h3-6,13-14,25H,1-2,7-12,15-16H2. The Kier molecular flexibility index (Phi) is 6.18. The van der Waals surface area contributed by atoms with Gasteiger partial charge in [0.2, 0.25) is 28.6 Å². The molecule has 0 bridgehead atoms. The van der Waals surface area contributed by atoms with Crippen molar-refractivity contribution in [3.8, 4) is 11.5 Å². The SMILES string of the molecule is O=C(CCC(=O)N1CCc2cc(S(=O)(=O)NCc3ccc4c(c3)OCO4)ccc21)N1CCCC1. The Labute approximate surface area is 198 Å². The summed E-state index contributed by atoms with van der Waals surface area (Å²) in [7, 11) is -3.74. The highest BCUT2D eigenvalue weighted by atomic mass is 32.2. The predicted molar refractivity (Wildman–Crippen MR) is 124 cm³/mol. The molecule has 2 amide bonds. The Morgan fingerprint density at radius 1 is 0.912 bits per heavy atom. The maximum Gasteiger partial charge on any atom is 0.240 e. The lowest BCUT2D eigenvalue weighted by molar-refractivity contribution is -0.132. The van der Waals surface area contributed by atoms with E-state index in [4.69, 9.17) is 9.47 Å². The number of likely N-dealkylation sites (tertiary alicyclic amines) is 1. The van der Waals surface area contributed by atoms with Crippen LogP contribution in [0.25, 0.3) is 0 Å². The second-order valence-electron chi connectivity index (χ2n) is 8.69. The highest BCUT2D eigenvalue weighted by Gasteiger charge is 2.28. The first-order valence-electron chi connectivity index (χ1n) is 11.5. The van der Waals surface area contributed by atoms with E-state index in [1.807, 2.05) is 4.90 Å². The summed E-state index contributed by atoms with van der Waals surface area (Å²) in [5.41, 5.74) is 2.28. The average molecular weight is 486 g/mol. The van der Waals surface area contributed by atoms with Gasteiger partial charge in [-0.05, 0) is 60.7 Å². The van der Waals surface area contributed by atoms with Crippen molar-refractivity contribution in [2.24, 2.45) is 0 Å². The topological polar surface area (TPSA) is 105 Å². The normalized spacial score (nSPS) is 16.7. The van der Waals surface area contributed by atoms with Gasteiger partial charge in [0.25, 0.3) is 0 Å². The Balaban J connectivity index is 1.21. The third-order valence-electron chi connectivity index (χ3n) is 6.47. The monoisotopic (exact) mass is 485 g/mol. The summed E-state index contributed by atoms with van der Waals surface area (Å²) in [4.78, 5) is 28.6. The Morgan fingerprint density at radius 2 is 1.68 bits per heavy atom. The highest BCUT2D eigenvalue weighted by Crippen LogP contribution is 2.33. The maximum absolute atomic E-state index is 12.9. The molecule has 1 N–H and O–H groups in total. The molecule has 10 heteroatoms. The smallest absolute Gasteiger partial charge is 0.240 e. The number of sulfonamides is 1. The lowest BCUT2D eigenvalue weighted by atomic mass is 10.2. The van der Waals surface area contributed by atoms with Crippen LogP contribution < -0.4 is 19.1 Å². The van der Waals surface area contributed by atoms with Gasteiger partial charge in [0.05, 0.1) is 4.90 Å². The Hall–Kier alpha value is -3.11. The van der Waals surface area contributed by atoms with Crippen molar-refractivity contribution < 1.29 is 27.5 Å². The van der Waals surface area contributed by atoms with Crippen molar-refractivity contribution in [3.05, 3.63) is 47.5 Å². The Morgan fingerprint density at radius 3 is 2.50 bits per heavy atom. The fourth-order valence-corrected chi connectivity index (χ4v) is 5.66. The molecular formula is C24H27N3O6S. The van der Waals surface area contributed by atoms with Crippen molar-refractivity contribution in [2.75, 3.05) is 31.3 Å². The molecule has 3 aliphatic heterocycles. The van der Waals surface area contributed by atoms with Crippen molar-refractivity contribution in [1.82, 2.24) is 9.62 Å². The maximum atomic E-state index is 12.9. The van der Waals surface area contributed by atoms with Crippen LogP contribution in [-0.2, 0) is 32.6 Å². The number of nitrogens with one attached hydrogen (secondary N) is 1. The average Bonchev–Trinajstić information content (AvgIpc) is 3.60. The van der Waals surface area contributed by atoms with Crippen molar-refractivity contribution in [3.63, 3.8) is 0 Å². The number of ether oxygens (including phenoxy) is 2. The molecule has 5 rings (SSSR count). The first kappa shape index (κ1) is 22.7. The van der Waals surface area contributed by atoms with E-state index in [-0.39, 0.29) is 42.9 Å². The van der Waals surface area contributed by atoms with Crippen LogP contribution in [0.5, 0.6) is 11.5 Å². The van der Waals surface area contributed by atoms with Crippen molar-refractivity contribution >= 4 is 27.5 Å². The number of hydrogen-bond donors (Lipinski definition) is 1. The lowest BCUT2D eigenvalue weighted by Crippen LogP contribution is -2.32.